The molecule has 1 aromatic carbocycles. The van der Waals surface area contributed by atoms with E-state index in [1.807, 2.05) is 13.8 Å². The Morgan fingerprint density at radius 3 is 2.86 bits per heavy atom. The van der Waals surface area contributed by atoms with Crippen LogP contribution in [0.15, 0.2) is 33.9 Å². The lowest BCUT2D eigenvalue weighted by molar-refractivity contribution is 0.0950. The molecule has 21 heavy (non-hydrogen) atoms. The second-order valence-corrected chi connectivity index (χ2v) is 5.33. The monoisotopic (exact) mass is 307 g/mol. The smallest absolute Gasteiger partial charge is 0.268 e. The van der Waals surface area contributed by atoms with Crippen LogP contribution in [0.1, 0.15) is 21.8 Å². The molecule has 2 rings (SSSR count). The lowest BCUT2D eigenvalue weighted by Gasteiger charge is -2.09. The molecule has 0 unspecified atom stereocenters. The number of nitrogens with two attached hydrogens (primary N) is 1. The van der Waals surface area contributed by atoms with E-state index in [9.17, 15) is 4.79 Å². The second kappa shape index (κ2) is 7.14. The molecule has 1 heterocycles. The fourth-order valence-corrected chi connectivity index (χ4v) is 2.37. The number of rotatable bonds is 6. The summed E-state index contributed by atoms with van der Waals surface area (Å²) in [4.78, 5) is 15.9. The zero-order valence-electron chi connectivity index (χ0n) is 11.9. The first-order valence-electron chi connectivity index (χ1n) is 6.41. The molecule has 0 fully saturated rings. The van der Waals surface area contributed by atoms with Gasteiger partial charge in [0.05, 0.1) is 17.9 Å². The van der Waals surface area contributed by atoms with Crippen molar-refractivity contribution in [2.45, 2.75) is 19.1 Å². The van der Waals surface area contributed by atoms with Crippen molar-refractivity contribution in [3.05, 3.63) is 41.3 Å². The third kappa shape index (κ3) is 3.99. The van der Waals surface area contributed by atoms with Crippen LogP contribution in [0.4, 0.5) is 0 Å². The van der Waals surface area contributed by atoms with Crippen LogP contribution in [0, 0.1) is 13.8 Å². The molecule has 0 aliphatic carbocycles. The van der Waals surface area contributed by atoms with Crippen molar-refractivity contribution >= 4 is 17.7 Å². The maximum absolute atomic E-state index is 11.6. The molecule has 0 aliphatic rings. The Balaban J connectivity index is 1.87. The van der Waals surface area contributed by atoms with Gasteiger partial charge in [-0.25, -0.2) is 10.8 Å². The van der Waals surface area contributed by atoms with E-state index in [1.54, 1.807) is 24.3 Å². The van der Waals surface area contributed by atoms with Crippen LogP contribution in [0.5, 0.6) is 5.75 Å². The van der Waals surface area contributed by atoms with Crippen molar-refractivity contribution in [2.24, 2.45) is 5.84 Å². The van der Waals surface area contributed by atoms with E-state index in [2.05, 4.69) is 10.4 Å². The summed E-state index contributed by atoms with van der Waals surface area (Å²) in [5, 5.41) is 0.626. The van der Waals surface area contributed by atoms with Gasteiger partial charge in [0.1, 0.15) is 11.5 Å². The van der Waals surface area contributed by atoms with Crippen LogP contribution >= 0.6 is 11.8 Å². The standard InChI is InChI=1S/C14H17N3O3S/c1-9-10(2)20-14(16-9)21-8-7-19-12-6-4-3-5-11(12)13(18)17-15/h3-6H,7-8,15H2,1-2H3,(H,17,18). The van der Waals surface area contributed by atoms with Crippen molar-refractivity contribution in [3.8, 4) is 5.75 Å². The first kappa shape index (κ1) is 15.4. The summed E-state index contributed by atoms with van der Waals surface area (Å²) in [6.07, 6.45) is 0. The van der Waals surface area contributed by atoms with E-state index >= 15 is 0 Å². The average molecular weight is 307 g/mol. The number of ether oxygens (including phenoxy) is 1. The van der Waals surface area contributed by atoms with E-state index in [4.69, 9.17) is 15.0 Å². The highest BCUT2D eigenvalue weighted by Crippen LogP contribution is 2.21. The van der Waals surface area contributed by atoms with Gasteiger partial charge in [-0.15, -0.1) is 0 Å². The second-order valence-electron chi connectivity index (χ2n) is 4.29. The molecule has 3 N–H and O–H groups in total. The zero-order chi connectivity index (χ0) is 15.2. The van der Waals surface area contributed by atoms with Crippen molar-refractivity contribution in [3.63, 3.8) is 0 Å². The fraction of sp³-hybridized carbons (Fsp3) is 0.286. The van der Waals surface area contributed by atoms with Crippen molar-refractivity contribution in [2.75, 3.05) is 12.4 Å². The third-order valence-electron chi connectivity index (χ3n) is 2.84. The van der Waals surface area contributed by atoms with E-state index < -0.39 is 0 Å². The van der Waals surface area contributed by atoms with Gasteiger partial charge in [-0.1, -0.05) is 23.9 Å². The summed E-state index contributed by atoms with van der Waals surface area (Å²) in [6, 6.07) is 6.95. The minimum Gasteiger partial charge on any atom is -0.492 e. The average Bonchev–Trinajstić information content (AvgIpc) is 2.82. The van der Waals surface area contributed by atoms with Crippen molar-refractivity contribution < 1.29 is 13.9 Å². The molecule has 1 amide bonds. The summed E-state index contributed by atoms with van der Waals surface area (Å²) >= 11 is 1.47. The molecular weight excluding hydrogens is 290 g/mol. The van der Waals surface area contributed by atoms with Gasteiger partial charge in [-0.3, -0.25) is 10.2 Å². The number of hydrogen-bond acceptors (Lipinski definition) is 6. The molecule has 7 heteroatoms. The number of nitrogens with zero attached hydrogens (tertiary/aromatic N) is 1. The largest absolute Gasteiger partial charge is 0.492 e. The number of thioether (sulfide) groups is 1. The first-order chi connectivity index (χ1) is 10.1. The zero-order valence-corrected chi connectivity index (χ0v) is 12.7. The highest BCUT2D eigenvalue weighted by atomic mass is 32.2. The lowest BCUT2D eigenvalue weighted by atomic mass is 10.2. The number of aromatic nitrogens is 1. The lowest BCUT2D eigenvalue weighted by Crippen LogP contribution is -2.30. The van der Waals surface area contributed by atoms with Crippen LogP contribution < -0.4 is 16.0 Å². The Morgan fingerprint density at radius 2 is 2.19 bits per heavy atom. The Morgan fingerprint density at radius 1 is 1.43 bits per heavy atom. The molecular formula is C14H17N3O3S. The van der Waals surface area contributed by atoms with Crippen LogP contribution in [0.25, 0.3) is 0 Å². The van der Waals surface area contributed by atoms with Crippen LogP contribution in [0.3, 0.4) is 0 Å². The topological polar surface area (TPSA) is 90.4 Å². The molecule has 0 spiro atoms. The Bertz CT molecular complexity index is 608. The van der Waals surface area contributed by atoms with Gasteiger partial charge in [0.2, 0.25) is 0 Å². The number of amides is 1. The summed E-state index contributed by atoms with van der Waals surface area (Å²) in [5.74, 6) is 6.75. The molecule has 0 saturated carbocycles. The van der Waals surface area contributed by atoms with Crippen LogP contribution in [-0.4, -0.2) is 23.3 Å². The number of carbonyl (C=O) groups is 1. The van der Waals surface area contributed by atoms with Gasteiger partial charge in [-0.2, -0.15) is 0 Å². The molecule has 0 aliphatic heterocycles. The maximum atomic E-state index is 11.6. The minimum atomic E-state index is -0.378. The van der Waals surface area contributed by atoms with Gasteiger partial charge >= 0.3 is 0 Å². The van der Waals surface area contributed by atoms with Gasteiger partial charge in [0.15, 0.2) is 0 Å². The Labute approximate surface area is 127 Å². The summed E-state index contributed by atoms with van der Waals surface area (Å²) in [5.41, 5.74) is 3.40. The van der Waals surface area contributed by atoms with E-state index in [0.29, 0.717) is 28.9 Å². The highest BCUT2D eigenvalue weighted by Gasteiger charge is 2.11. The van der Waals surface area contributed by atoms with Gasteiger partial charge in [-0.05, 0) is 26.0 Å². The number of hydrazine groups is 1. The molecule has 0 radical (unpaired) electrons. The van der Waals surface area contributed by atoms with Crippen molar-refractivity contribution in [1.29, 1.82) is 0 Å². The number of nitrogens with one attached hydrogen (secondary N) is 1. The molecule has 1 aromatic heterocycles. The molecule has 0 saturated heterocycles. The van der Waals surface area contributed by atoms with E-state index in [0.717, 1.165) is 11.5 Å². The SMILES string of the molecule is Cc1nc(SCCOc2ccccc2C(=O)NN)oc1C. The molecule has 6 nitrogen and oxygen atoms in total. The third-order valence-corrected chi connectivity index (χ3v) is 3.63. The number of aryl methyl sites for hydroxylation is 2. The molecule has 0 bridgehead atoms. The van der Waals surface area contributed by atoms with E-state index in [1.165, 1.54) is 11.8 Å². The molecule has 0 atom stereocenters. The van der Waals surface area contributed by atoms with Crippen molar-refractivity contribution in [1.82, 2.24) is 10.4 Å². The minimum absolute atomic E-state index is 0.378. The predicted octanol–water partition coefficient (Wildman–Crippen LogP) is 2.07. The predicted molar refractivity (Wildman–Crippen MR) is 80.3 cm³/mol. The number of nitrogen functional groups attached to an aromatic ring is 1. The van der Waals surface area contributed by atoms with Gasteiger partial charge < -0.3 is 9.15 Å². The molecule has 2 aromatic rings. The summed E-state index contributed by atoms with van der Waals surface area (Å²) in [7, 11) is 0. The number of benzene rings is 1. The highest BCUT2D eigenvalue weighted by molar-refractivity contribution is 7.99. The van der Waals surface area contributed by atoms with Gasteiger partial charge in [0.25, 0.3) is 11.1 Å². The van der Waals surface area contributed by atoms with Crippen LogP contribution in [-0.2, 0) is 0 Å². The normalized spacial score (nSPS) is 10.4. The fourth-order valence-electron chi connectivity index (χ4n) is 1.64. The van der Waals surface area contributed by atoms with E-state index in [-0.39, 0.29) is 5.91 Å². The van der Waals surface area contributed by atoms with Gasteiger partial charge in [0, 0.05) is 5.75 Å². The number of oxazole rings is 1. The molecule has 112 valence electrons. The number of hydrogen-bond donors (Lipinski definition) is 2. The first-order valence-corrected chi connectivity index (χ1v) is 7.40. The number of carbonyl (C=O) groups excluding carboxylic acids is 1. The van der Waals surface area contributed by atoms with Crippen LogP contribution in [0.2, 0.25) is 0 Å². The maximum Gasteiger partial charge on any atom is 0.268 e. The summed E-state index contributed by atoms with van der Waals surface area (Å²) in [6.45, 7) is 4.21. The Hall–Kier alpha value is -1.99. The Kier molecular flexibility index (Phi) is 5.24. The summed E-state index contributed by atoms with van der Waals surface area (Å²) < 4.78 is 11.1. The number of para-hydroxylation sites is 1. The quantitative estimate of drug-likeness (QED) is 0.279.